The molecule has 0 amide bonds. The van der Waals surface area contributed by atoms with Gasteiger partial charge in [-0.2, -0.15) is 8.61 Å². The number of rotatable bonds is 18. The van der Waals surface area contributed by atoms with Crippen molar-refractivity contribution in [3.05, 3.63) is 12.1 Å². The zero-order valence-electron chi connectivity index (χ0n) is 21.8. The highest BCUT2D eigenvalue weighted by Crippen LogP contribution is 2.37. The minimum Gasteiger partial charge on any atom is -0.495 e. The van der Waals surface area contributed by atoms with Crippen LogP contribution in [0.5, 0.6) is 11.5 Å². The van der Waals surface area contributed by atoms with Crippen molar-refractivity contribution >= 4 is 20.0 Å². The summed E-state index contributed by atoms with van der Waals surface area (Å²) >= 11 is 0. The molecule has 8 nitrogen and oxygen atoms in total. The van der Waals surface area contributed by atoms with E-state index in [0.29, 0.717) is 51.9 Å². The van der Waals surface area contributed by atoms with E-state index in [0.717, 1.165) is 25.7 Å². The van der Waals surface area contributed by atoms with Gasteiger partial charge in [-0.3, -0.25) is 0 Å². The van der Waals surface area contributed by atoms with Gasteiger partial charge < -0.3 is 9.47 Å². The topological polar surface area (TPSA) is 93.2 Å². The first-order valence-electron chi connectivity index (χ1n) is 12.4. The zero-order valence-corrected chi connectivity index (χ0v) is 23.4. The molecule has 0 fully saturated rings. The van der Waals surface area contributed by atoms with Gasteiger partial charge in [0.15, 0.2) is 0 Å². The van der Waals surface area contributed by atoms with Crippen LogP contribution in [-0.2, 0) is 20.0 Å². The molecule has 0 bridgehead atoms. The summed E-state index contributed by atoms with van der Waals surface area (Å²) in [6, 6.07) is 2.59. The molecule has 0 aliphatic heterocycles. The normalized spacial score (nSPS) is 12.5. The van der Waals surface area contributed by atoms with E-state index in [2.05, 4.69) is 0 Å². The zero-order chi connectivity index (χ0) is 25.8. The Morgan fingerprint density at radius 1 is 0.588 bits per heavy atom. The number of methoxy groups -OCH3 is 2. The molecule has 0 aliphatic carbocycles. The van der Waals surface area contributed by atoms with Gasteiger partial charge in [-0.1, -0.05) is 53.4 Å². The molecule has 0 aliphatic rings. The fourth-order valence-electron chi connectivity index (χ4n) is 3.57. The highest BCUT2D eigenvalue weighted by molar-refractivity contribution is 7.90. The van der Waals surface area contributed by atoms with Crippen molar-refractivity contribution in [2.75, 3.05) is 40.4 Å². The van der Waals surface area contributed by atoms with E-state index in [9.17, 15) is 16.8 Å². The molecule has 0 heterocycles. The van der Waals surface area contributed by atoms with E-state index in [1.165, 1.54) is 35.0 Å². The van der Waals surface area contributed by atoms with Gasteiger partial charge in [-0.05, 0) is 31.7 Å². The number of hydrogen-bond donors (Lipinski definition) is 0. The average molecular weight is 521 g/mol. The van der Waals surface area contributed by atoms with Gasteiger partial charge in [-0.15, -0.1) is 0 Å². The Labute approximate surface area is 207 Å². The second-order valence-electron chi connectivity index (χ2n) is 8.38. The third-order valence-electron chi connectivity index (χ3n) is 5.73. The quantitative estimate of drug-likeness (QED) is 0.274. The average Bonchev–Trinajstić information content (AvgIpc) is 2.82. The van der Waals surface area contributed by atoms with Crippen molar-refractivity contribution in [3.8, 4) is 11.5 Å². The van der Waals surface area contributed by atoms with Gasteiger partial charge >= 0.3 is 0 Å². The van der Waals surface area contributed by atoms with Crippen molar-refractivity contribution in [1.29, 1.82) is 0 Å². The second kappa shape index (κ2) is 14.9. The van der Waals surface area contributed by atoms with Crippen LogP contribution < -0.4 is 9.47 Å². The Balaban J connectivity index is 3.70. The van der Waals surface area contributed by atoms with Crippen LogP contribution in [0.2, 0.25) is 0 Å². The lowest BCUT2D eigenvalue weighted by Gasteiger charge is -2.26. The first-order chi connectivity index (χ1) is 16.1. The standard InChI is InChI=1S/C24H44N2O6S2/c1-7-11-15-25(16-12-8-2)33(27,28)23-20-24(22(32-6)19-21(23)31-5)34(29,30)26(17-13-9-3)18-14-10-4/h19-20H,7-18H2,1-6H3. The highest BCUT2D eigenvalue weighted by Gasteiger charge is 2.34. The number of benzene rings is 1. The molecule has 0 spiro atoms. The van der Waals surface area contributed by atoms with Gasteiger partial charge in [-0.25, -0.2) is 16.8 Å². The third kappa shape index (κ3) is 7.83. The molecular weight excluding hydrogens is 476 g/mol. The van der Waals surface area contributed by atoms with Crippen molar-refractivity contribution in [3.63, 3.8) is 0 Å². The number of nitrogens with zero attached hydrogens (tertiary/aromatic N) is 2. The predicted molar refractivity (Wildman–Crippen MR) is 137 cm³/mol. The molecule has 1 aromatic rings. The lowest BCUT2D eigenvalue weighted by molar-refractivity contribution is 0.365. The minimum absolute atomic E-state index is 0.0717. The van der Waals surface area contributed by atoms with Crippen LogP contribution in [0.4, 0.5) is 0 Å². The number of ether oxygens (including phenoxy) is 2. The molecular formula is C24H44N2O6S2. The van der Waals surface area contributed by atoms with Crippen LogP contribution in [0.25, 0.3) is 0 Å². The van der Waals surface area contributed by atoms with Crippen molar-refractivity contribution in [2.45, 2.75) is 88.9 Å². The summed E-state index contributed by atoms with van der Waals surface area (Å²) in [5.74, 6) is 0.143. The van der Waals surface area contributed by atoms with Crippen LogP contribution in [0.15, 0.2) is 21.9 Å². The molecule has 0 atom stereocenters. The molecule has 0 radical (unpaired) electrons. The van der Waals surface area contributed by atoms with Gasteiger partial charge in [0.1, 0.15) is 21.3 Å². The highest BCUT2D eigenvalue weighted by atomic mass is 32.2. The Hall–Kier alpha value is -1.36. The Morgan fingerprint density at radius 2 is 0.882 bits per heavy atom. The smallest absolute Gasteiger partial charge is 0.246 e. The lowest BCUT2D eigenvalue weighted by Crippen LogP contribution is -2.35. The van der Waals surface area contributed by atoms with Crippen molar-refractivity contribution in [1.82, 2.24) is 8.61 Å². The van der Waals surface area contributed by atoms with E-state index >= 15 is 0 Å². The summed E-state index contributed by atoms with van der Waals surface area (Å²) in [7, 11) is -5.22. The van der Waals surface area contributed by atoms with E-state index in [1.807, 2.05) is 27.7 Å². The summed E-state index contributed by atoms with van der Waals surface area (Å²) in [4.78, 5) is -0.292. The Kier molecular flexibility index (Phi) is 13.4. The first kappa shape index (κ1) is 30.7. The maximum atomic E-state index is 13.7. The van der Waals surface area contributed by atoms with Crippen molar-refractivity contribution < 1.29 is 26.3 Å². The van der Waals surface area contributed by atoms with Crippen LogP contribution in [0.3, 0.4) is 0 Å². The Bertz CT molecular complexity index is 859. The molecule has 1 aromatic carbocycles. The summed E-state index contributed by atoms with van der Waals surface area (Å²) in [6.45, 7) is 9.50. The summed E-state index contributed by atoms with van der Waals surface area (Å²) in [6.07, 6.45) is 6.26. The molecule has 0 aromatic heterocycles. The van der Waals surface area contributed by atoms with Gasteiger partial charge in [0.05, 0.1) is 14.2 Å². The second-order valence-corrected chi connectivity index (χ2v) is 12.2. The summed E-state index contributed by atoms with van der Waals surface area (Å²) in [5, 5.41) is 0. The third-order valence-corrected chi connectivity index (χ3v) is 9.57. The minimum atomic E-state index is -3.99. The van der Waals surface area contributed by atoms with Crippen molar-refractivity contribution in [2.24, 2.45) is 0 Å². The monoisotopic (exact) mass is 520 g/mol. The fourth-order valence-corrected chi connectivity index (χ4v) is 7.00. The molecule has 198 valence electrons. The fraction of sp³-hybridized carbons (Fsp3) is 0.750. The molecule has 0 saturated heterocycles. The molecule has 0 unspecified atom stereocenters. The molecule has 1 rings (SSSR count). The van der Waals surface area contributed by atoms with Crippen LogP contribution >= 0.6 is 0 Å². The first-order valence-corrected chi connectivity index (χ1v) is 15.3. The molecule has 0 saturated carbocycles. The molecule has 10 heteroatoms. The largest absolute Gasteiger partial charge is 0.495 e. The van der Waals surface area contributed by atoms with Crippen LogP contribution in [0, 0.1) is 0 Å². The summed E-state index contributed by atoms with van der Waals surface area (Å²) in [5.41, 5.74) is 0. The predicted octanol–water partition coefficient (Wildman–Crippen LogP) is 4.89. The van der Waals surface area contributed by atoms with E-state index in [1.54, 1.807) is 0 Å². The lowest BCUT2D eigenvalue weighted by atomic mass is 10.3. The maximum absolute atomic E-state index is 13.7. The maximum Gasteiger partial charge on any atom is 0.246 e. The number of hydrogen-bond acceptors (Lipinski definition) is 6. The van der Waals surface area contributed by atoms with E-state index < -0.39 is 20.0 Å². The van der Waals surface area contributed by atoms with E-state index in [4.69, 9.17) is 9.47 Å². The number of sulfonamides is 2. The summed E-state index contributed by atoms with van der Waals surface area (Å²) < 4.78 is 68.5. The molecule has 34 heavy (non-hydrogen) atoms. The van der Waals surface area contributed by atoms with Crippen LogP contribution in [-0.4, -0.2) is 65.8 Å². The number of unbranched alkanes of at least 4 members (excludes halogenated alkanes) is 4. The van der Waals surface area contributed by atoms with Crippen LogP contribution in [0.1, 0.15) is 79.1 Å². The SMILES string of the molecule is CCCCN(CCCC)S(=O)(=O)c1cc(S(=O)(=O)N(CCCC)CCCC)c(OC)cc1OC. The van der Waals surface area contributed by atoms with Gasteiger partial charge in [0, 0.05) is 32.2 Å². The van der Waals surface area contributed by atoms with Gasteiger partial charge in [0.2, 0.25) is 20.0 Å². The van der Waals surface area contributed by atoms with E-state index in [-0.39, 0.29) is 21.3 Å². The molecule has 0 N–H and O–H groups in total. The Morgan fingerprint density at radius 3 is 1.12 bits per heavy atom. The van der Waals surface area contributed by atoms with Gasteiger partial charge in [0.25, 0.3) is 0 Å².